The maximum absolute atomic E-state index is 12.8. The van der Waals surface area contributed by atoms with E-state index in [0.717, 1.165) is 0 Å². The number of hydrogen-bond acceptors (Lipinski definition) is 4. The average Bonchev–Trinajstić information content (AvgIpc) is 2.96. The molecule has 0 amide bonds. The monoisotopic (exact) mass is 306 g/mol. The van der Waals surface area contributed by atoms with Gasteiger partial charge in [0.05, 0.1) is 11.4 Å². The summed E-state index contributed by atoms with van der Waals surface area (Å²) < 4.78 is 36.1. The minimum atomic E-state index is -3.48. The Hall–Kier alpha value is -2.05. The molecule has 5 nitrogen and oxygen atoms in total. The molecule has 6 heteroatoms. The van der Waals surface area contributed by atoms with Gasteiger partial charge in [-0.1, -0.05) is 24.3 Å². The van der Waals surface area contributed by atoms with Crippen LogP contribution in [0.5, 0.6) is 11.5 Å². The molecule has 0 spiro atoms. The lowest BCUT2D eigenvalue weighted by Crippen LogP contribution is -2.54. The molecule has 110 valence electrons. The van der Waals surface area contributed by atoms with Crippen molar-refractivity contribution in [3.05, 3.63) is 54.1 Å². The lowest BCUT2D eigenvalue weighted by molar-refractivity contribution is -0.367. The first kappa shape index (κ1) is 13.9. The number of hydrogen-bond donors (Lipinski definition) is 1. The van der Waals surface area contributed by atoms with Crippen molar-refractivity contribution in [3.63, 3.8) is 0 Å². The maximum Gasteiger partial charge on any atom is 0.231 e. The van der Waals surface area contributed by atoms with Gasteiger partial charge in [-0.25, -0.2) is 8.42 Å². The molecule has 0 fully saturated rings. The molecule has 0 saturated heterocycles. The van der Waals surface area contributed by atoms with Crippen molar-refractivity contribution >= 4 is 9.84 Å². The molecule has 21 heavy (non-hydrogen) atoms. The van der Waals surface area contributed by atoms with E-state index in [1.165, 1.54) is 0 Å². The molecule has 3 N–H and O–H groups in total. The second-order valence-corrected chi connectivity index (χ2v) is 6.88. The van der Waals surface area contributed by atoms with E-state index >= 15 is 0 Å². The molecule has 0 aromatic heterocycles. The average molecular weight is 306 g/mol. The molecule has 0 radical (unpaired) electrons. The minimum absolute atomic E-state index is 0.166. The first-order valence-electron chi connectivity index (χ1n) is 6.60. The van der Waals surface area contributed by atoms with Crippen LogP contribution in [0, 0.1) is 0 Å². The molecule has 1 aliphatic rings. The Bertz CT molecular complexity index is 744. The Morgan fingerprint density at radius 2 is 1.76 bits per heavy atom. The Balaban J connectivity index is 2.02. The summed E-state index contributed by atoms with van der Waals surface area (Å²) in [6, 6.07) is 13.6. The SMILES string of the molecule is [NH3+]C[C@H](c1ccc2c(c1)OCO2)S(=O)(=O)c1ccccc1. The molecule has 0 saturated carbocycles. The highest BCUT2D eigenvalue weighted by molar-refractivity contribution is 7.91. The van der Waals surface area contributed by atoms with Crippen molar-refractivity contribution in [1.82, 2.24) is 0 Å². The zero-order chi connectivity index (χ0) is 14.9. The quantitative estimate of drug-likeness (QED) is 0.919. The van der Waals surface area contributed by atoms with E-state index in [-0.39, 0.29) is 13.3 Å². The molecular formula is C15H16NO4S+. The normalized spacial score (nSPS) is 14.9. The number of sulfone groups is 1. The predicted octanol–water partition coefficient (Wildman–Crippen LogP) is 1.17. The van der Waals surface area contributed by atoms with Gasteiger partial charge in [-0.15, -0.1) is 0 Å². The van der Waals surface area contributed by atoms with Gasteiger partial charge < -0.3 is 15.2 Å². The predicted molar refractivity (Wildman–Crippen MR) is 76.7 cm³/mol. The van der Waals surface area contributed by atoms with Crippen molar-refractivity contribution in [2.24, 2.45) is 0 Å². The molecule has 0 bridgehead atoms. The summed E-state index contributed by atoms with van der Waals surface area (Å²) in [6.07, 6.45) is 0. The molecule has 0 aliphatic carbocycles. The summed E-state index contributed by atoms with van der Waals surface area (Å²) in [4.78, 5) is 0.302. The van der Waals surface area contributed by atoms with Gasteiger partial charge in [-0.05, 0) is 29.8 Å². The van der Waals surface area contributed by atoms with Gasteiger partial charge >= 0.3 is 0 Å². The van der Waals surface area contributed by atoms with E-state index in [4.69, 9.17) is 9.47 Å². The highest BCUT2D eigenvalue weighted by Crippen LogP contribution is 2.36. The third-order valence-electron chi connectivity index (χ3n) is 3.48. The number of rotatable bonds is 4. The molecule has 3 rings (SSSR count). The van der Waals surface area contributed by atoms with Crippen LogP contribution in [-0.4, -0.2) is 21.8 Å². The lowest BCUT2D eigenvalue weighted by Gasteiger charge is -2.15. The third kappa shape index (κ3) is 2.48. The van der Waals surface area contributed by atoms with Crippen molar-refractivity contribution in [1.29, 1.82) is 0 Å². The molecule has 2 aromatic rings. The largest absolute Gasteiger partial charge is 0.454 e. The second kappa shape index (κ2) is 5.38. The van der Waals surface area contributed by atoms with Gasteiger partial charge in [0.1, 0.15) is 5.25 Å². The Kier molecular flexibility index (Phi) is 3.57. The van der Waals surface area contributed by atoms with Crippen molar-refractivity contribution < 1.29 is 23.6 Å². The topological polar surface area (TPSA) is 80.2 Å². The Morgan fingerprint density at radius 1 is 1.05 bits per heavy atom. The molecule has 0 unspecified atom stereocenters. The molecular weight excluding hydrogens is 290 g/mol. The van der Waals surface area contributed by atoms with Crippen molar-refractivity contribution in [2.75, 3.05) is 13.3 Å². The fourth-order valence-electron chi connectivity index (χ4n) is 2.39. The van der Waals surface area contributed by atoms with E-state index in [2.05, 4.69) is 5.73 Å². The van der Waals surface area contributed by atoms with Crippen LogP contribution >= 0.6 is 0 Å². The van der Waals surface area contributed by atoms with Crippen LogP contribution in [0.4, 0.5) is 0 Å². The van der Waals surface area contributed by atoms with Crippen molar-refractivity contribution in [2.45, 2.75) is 10.1 Å². The highest BCUT2D eigenvalue weighted by Gasteiger charge is 2.30. The lowest BCUT2D eigenvalue weighted by atomic mass is 10.1. The van der Waals surface area contributed by atoms with Gasteiger partial charge in [0.2, 0.25) is 6.79 Å². The maximum atomic E-state index is 12.8. The summed E-state index contributed by atoms with van der Waals surface area (Å²) in [5.74, 6) is 1.22. The Labute approximate surface area is 123 Å². The number of fused-ring (bicyclic) bond motifs is 1. The fraction of sp³-hybridized carbons (Fsp3) is 0.200. The fourth-order valence-corrected chi connectivity index (χ4v) is 4.07. The summed E-state index contributed by atoms with van der Waals surface area (Å²) in [7, 11) is -3.48. The smallest absolute Gasteiger partial charge is 0.231 e. The highest BCUT2D eigenvalue weighted by atomic mass is 32.2. The number of ether oxygens (including phenoxy) is 2. The van der Waals surface area contributed by atoms with Gasteiger partial charge in [0, 0.05) is 0 Å². The zero-order valence-corrected chi connectivity index (χ0v) is 12.2. The van der Waals surface area contributed by atoms with Crippen LogP contribution in [-0.2, 0) is 9.84 Å². The van der Waals surface area contributed by atoms with Gasteiger partial charge in [-0.2, -0.15) is 0 Å². The Morgan fingerprint density at radius 3 is 2.48 bits per heavy atom. The second-order valence-electron chi connectivity index (χ2n) is 4.75. The number of benzene rings is 2. The van der Waals surface area contributed by atoms with Crippen LogP contribution in [0.25, 0.3) is 0 Å². The molecule has 2 aromatic carbocycles. The zero-order valence-electron chi connectivity index (χ0n) is 11.4. The van der Waals surface area contributed by atoms with Crippen LogP contribution in [0.3, 0.4) is 0 Å². The summed E-state index contributed by atoms with van der Waals surface area (Å²) in [5.41, 5.74) is 4.46. The van der Waals surface area contributed by atoms with E-state index in [9.17, 15) is 8.42 Å². The van der Waals surface area contributed by atoms with Crippen molar-refractivity contribution in [3.8, 4) is 11.5 Å². The van der Waals surface area contributed by atoms with Crippen LogP contribution in [0.1, 0.15) is 10.8 Å². The van der Waals surface area contributed by atoms with E-state index in [0.29, 0.717) is 22.0 Å². The number of quaternary nitrogens is 1. The van der Waals surface area contributed by atoms with Crippen LogP contribution in [0.2, 0.25) is 0 Å². The summed E-state index contributed by atoms with van der Waals surface area (Å²) in [5, 5.41) is -0.700. The van der Waals surface area contributed by atoms with Gasteiger partial charge in [-0.3, -0.25) is 0 Å². The third-order valence-corrected chi connectivity index (χ3v) is 5.66. The molecule has 1 atom stereocenters. The van der Waals surface area contributed by atoms with Crippen LogP contribution in [0.15, 0.2) is 53.4 Å². The first-order valence-corrected chi connectivity index (χ1v) is 8.15. The first-order chi connectivity index (χ1) is 10.1. The summed E-state index contributed by atoms with van der Waals surface area (Å²) >= 11 is 0. The van der Waals surface area contributed by atoms with E-state index < -0.39 is 15.1 Å². The van der Waals surface area contributed by atoms with Crippen LogP contribution < -0.4 is 15.2 Å². The molecule has 1 aliphatic heterocycles. The van der Waals surface area contributed by atoms with E-state index in [1.54, 1.807) is 48.5 Å². The molecule has 1 heterocycles. The van der Waals surface area contributed by atoms with Gasteiger partial charge in [0.25, 0.3) is 0 Å². The van der Waals surface area contributed by atoms with Gasteiger partial charge in [0.15, 0.2) is 21.3 Å². The summed E-state index contributed by atoms with van der Waals surface area (Å²) in [6.45, 7) is 0.413. The van der Waals surface area contributed by atoms with E-state index in [1.807, 2.05) is 0 Å². The minimum Gasteiger partial charge on any atom is -0.454 e. The standard InChI is InChI=1S/C15H15NO4S/c16-9-15(21(17,18)12-4-2-1-3-5-12)11-6-7-13-14(8-11)20-10-19-13/h1-8,15H,9-10,16H2/p+1/t15-/m1/s1.